The fourth-order valence-corrected chi connectivity index (χ4v) is 3.18. The number of azo groups is 1. The van der Waals surface area contributed by atoms with Gasteiger partial charge in [-0.25, -0.2) is 0 Å². The number of aromatic nitrogens is 1. The van der Waals surface area contributed by atoms with Crippen LogP contribution >= 0.6 is 7.60 Å². The largest absolute Gasteiger partial charge is 0.396 e. The number of pyridine rings is 1. The quantitative estimate of drug-likeness (QED) is 0.326. The van der Waals surface area contributed by atoms with E-state index in [0.29, 0.717) is 11.4 Å². The minimum atomic E-state index is -4.10. The molecule has 0 bridgehead atoms. The summed E-state index contributed by atoms with van der Waals surface area (Å²) < 4.78 is 12.4. The molecular formula is C18H26N4O4P+. The lowest BCUT2D eigenvalue weighted by atomic mass is 10.2. The van der Waals surface area contributed by atoms with E-state index in [-0.39, 0.29) is 12.9 Å². The molecule has 27 heavy (non-hydrogen) atoms. The van der Waals surface area contributed by atoms with E-state index in [9.17, 15) is 4.57 Å². The first kappa shape index (κ1) is 21.2. The van der Waals surface area contributed by atoms with E-state index in [1.54, 1.807) is 24.5 Å². The molecule has 9 heteroatoms. The second kappa shape index (κ2) is 10.3. The molecule has 0 radical (unpaired) electrons. The lowest BCUT2D eigenvalue weighted by Gasteiger charge is -2.24. The van der Waals surface area contributed by atoms with Gasteiger partial charge in [-0.15, -0.1) is 0 Å². The molecule has 3 N–H and O–H groups in total. The van der Waals surface area contributed by atoms with Gasteiger partial charge in [0.2, 0.25) is 6.29 Å². The van der Waals surface area contributed by atoms with Gasteiger partial charge >= 0.3 is 7.60 Å². The molecule has 0 spiro atoms. The molecule has 0 unspecified atom stereocenters. The maximum absolute atomic E-state index is 11.0. The van der Waals surface area contributed by atoms with Crippen molar-refractivity contribution in [3.63, 3.8) is 0 Å². The summed E-state index contributed by atoms with van der Waals surface area (Å²) in [5, 5.41) is 17.4. The summed E-state index contributed by atoms with van der Waals surface area (Å²) in [6, 6.07) is 11.0. The van der Waals surface area contributed by atoms with Crippen LogP contribution < -0.4 is 9.47 Å². The molecule has 1 heterocycles. The van der Waals surface area contributed by atoms with Gasteiger partial charge in [-0.05, 0) is 37.1 Å². The zero-order valence-electron chi connectivity index (χ0n) is 15.3. The number of anilines is 1. The first-order valence-electron chi connectivity index (χ1n) is 8.82. The minimum absolute atomic E-state index is 0.178. The highest BCUT2D eigenvalue weighted by atomic mass is 31.2. The minimum Gasteiger partial charge on any atom is -0.396 e. The Hall–Kier alpha value is -2.12. The van der Waals surface area contributed by atoms with Crippen LogP contribution in [0.15, 0.2) is 59.0 Å². The summed E-state index contributed by atoms with van der Waals surface area (Å²) in [5.74, 6) is 0. The highest BCUT2D eigenvalue weighted by Gasteiger charge is 2.19. The van der Waals surface area contributed by atoms with Gasteiger partial charge in [-0.1, -0.05) is 6.92 Å². The standard InChI is InChI=1S/C18H25N4O4P/c1-2-10-22(11-3-14-23)18-6-4-16(5-7-18)19-20-17-8-12-21(13-9-17)15-27(24,25)26/h4-9,12-13,23H,2-3,10-11,14-15H2,1H3,(H-,24,25,26)/p+1. The summed E-state index contributed by atoms with van der Waals surface area (Å²) in [4.78, 5) is 20.2. The Morgan fingerprint density at radius 2 is 1.59 bits per heavy atom. The summed E-state index contributed by atoms with van der Waals surface area (Å²) in [6.07, 6.45) is 4.51. The summed E-state index contributed by atoms with van der Waals surface area (Å²) in [6.45, 7) is 4.04. The van der Waals surface area contributed by atoms with Gasteiger partial charge in [0.15, 0.2) is 12.4 Å². The molecule has 0 aliphatic rings. The highest BCUT2D eigenvalue weighted by Crippen LogP contribution is 2.33. The van der Waals surface area contributed by atoms with Crippen LogP contribution in [-0.4, -0.2) is 34.6 Å². The zero-order valence-corrected chi connectivity index (χ0v) is 16.2. The average molecular weight is 393 g/mol. The van der Waals surface area contributed by atoms with Gasteiger partial charge in [0.1, 0.15) is 0 Å². The lowest BCUT2D eigenvalue weighted by molar-refractivity contribution is -0.679. The first-order valence-corrected chi connectivity index (χ1v) is 10.6. The Kier molecular flexibility index (Phi) is 8.06. The second-order valence-corrected chi connectivity index (χ2v) is 7.77. The third-order valence-electron chi connectivity index (χ3n) is 3.80. The van der Waals surface area contributed by atoms with E-state index in [1.165, 1.54) is 4.57 Å². The predicted molar refractivity (Wildman–Crippen MR) is 104 cm³/mol. The summed E-state index contributed by atoms with van der Waals surface area (Å²) in [7, 11) is -4.10. The van der Waals surface area contributed by atoms with Gasteiger partial charge < -0.3 is 19.8 Å². The van der Waals surface area contributed by atoms with Crippen molar-refractivity contribution in [2.45, 2.75) is 26.1 Å². The van der Waals surface area contributed by atoms with Gasteiger partial charge in [0.05, 0.1) is 11.4 Å². The number of aliphatic hydroxyl groups is 1. The van der Waals surface area contributed by atoms with Gasteiger partial charge in [0.25, 0.3) is 0 Å². The van der Waals surface area contributed by atoms with Crippen LogP contribution in [0.5, 0.6) is 0 Å². The fourth-order valence-electron chi connectivity index (χ4n) is 2.57. The molecule has 0 saturated carbocycles. The van der Waals surface area contributed by atoms with Crippen LogP contribution in [0.4, 0.5) is 17.1 Å². The van der Waals surface area contributed by atoms with Gasteiger partial charge in [-0.3, -0.25) is 4.57 Å². The number of hydrogen-bond donors (Lipinski definition) is 3. The van der Waals surface area contributed by atoms with Crippen LogP contribution in [0, 0.1) is 0 Å². The SMILES string of the molecule is CCCN(CCCO)c1ccc(/N=N/c2cc[n+](CP(=O)(O)O)cc2)cc1. The molecule has 1 aromatic carbocycles. The maximum Gasteiger partial charge on any atom is 0.390 e. The Morgan fingerprint density at radius 3 is 2.11 bits per heavy atom. The Morgan fingerprint density at radius 1 is 1.00 bits per heavy atom. The summed E-state index contributed by atoms with van der Waals surface area (Å²) in [5.41, 5.74) is 2.39. The molecule has 0 aliphatic heterocycles. The Balaban J connectivity index is 2.01. The van der Waals surface area contributed by atoms with Gasteiger partial charge in [-0.2, -0.15) is 14.8 Å². The lowest BCUT2D eigenvalue weighted by Crippen LogP contribution is -2.32. The molecule has 2 aromatic rings. The van der Waals surface area contributed by atoms with E-state index in [2.05, 4.69) is 22.1 Å². The number of aliphatic hydroxyl groups excluding tert-OH is 1. The smallest absolute Gasteiger partial charge is 0.390 e. The normalized spacial score (nSPS) is 11.9. The van der Waals surface area contributed by atoms with E-state index in [4.69, 9.17) is 14.9 Å². The third kappa shape index (κ3) is 7.56. The van der Waals surface area contributed by atoms with E-state index >= 15 is 0 Å². The second-order valence-electron chi connectivity index (χ2n) is 6.16. The first-order chi connectivity index (χ1) is 12.9. The van der Waals surface area contributed by atoms with Gasteiger partial charge in [0, 0.05) is 37.5 Å². The van der Waals surface area contributed by atoms with Crippen LogP contribution in [0.2, 0.25) is 0 Å². The molecular weight excluding hydrogens is 367 g/mol. The topological polar surface area (TPSA) is 110 Å². The molecule has 0 saturated heterocycles. The highest BCUT2D eigenvalue weighted by molar-refractivity contribution is 7.50. The van der Waals surface area contributed by atoms with Crippen molar-refractivity contribution in [1.29, 1.82) is 0 Å². The molecule has 146 valence electrons. The molecule has 0 aliphatic carbocycles. The number of rotatable bonds is 10. The zero-order chi connectivity index (χ0) is 19.7. The average Bonchev–Trinajstić information content (AvgIpc) is 2.64. The molecule has 2 rings (SSSR count). The van der Waals surface area contributed by atoms with Crippen molar-refractivity contribution in [2.75, 3.05) is 24.6 Å². The van der Waals surface area contributed by atoms with Crippen molar-refractivity contribution < 1.29 is 24.0 Å². The van der Waals surface area contributed by atoms with Crippen molar-refractivity contribution in [3.8, 4) is 0 Å². The monoisotopic (exact) mass is 393 g/mol. The number of benzene rings is 1. The van der Waals surface area contributed by atoms with Crippen molar-refractivity contribution >= 4 is 24.7 Å². The maximum atomic E-state index is 11.0. The van der Waals surface area contributed by atoms with Crippen molar-refractivity contribution in [2.24, 2.45) is 10.2 Å². The Bertz CT molecular complexity index is 775. The van der Waals surface area contributed by atoms with Crippen LogP contribution in [0.1, 0.15) is 19.8 Å². The molecule has 0 fully saturated rings. The van der Waals surface area contributed by atoms with E-state index in [0.717, 1.165) is 31.6 Å². The Labute approximate surface area is 159 Å². The van der Waals surface area contributed by atoms with Crippen LogP contribution in [0.3, 0.4) is 0 Å². The van der Waals surface area contributed by atoms with Crippen molar-refractivity contribution in [3.05, 3.63) is 48.8 Å². The molecule has 0 atom stereocenters. The van der Waals surface area contributed by atoms with Crippen molar-refractivity contribution in [1.82, 2.24) is 0 Å². The third-order valence-corrected chi connectivity index (χ3v) is 4.49. The molecule has 0 amide bonds. The number of nitrogens with zero attached hydrogens (tertiary/aromatic N) is 4. The fraction of sp³-hybridized carbons (Fsp3) is 0.389. The molecule has 1 aromatic heterocycles. The predicted octanol–water partition coefficient (Wildman–Crippen LogP) is 3.12. The summed E-state index contributed by atoms with van der Waals surface area (Å²) >= 11 is 0. The van der Waals surface area contributed by atoms with E-state index < -0.39 is 7.60 Å². The van der Waals surface area contributed by atoms with E-state index in [1.807, 2.05) is 24.3 Å². The van der Waals surface area contributed by atoms with Crippen LogP contribution in [-0.2, 0) is 10.9 Å². The molecule has 8 nitrogen and oxygen atoms in total. The van der Waals surface area contributed by atoms with Crippen LogP contribution in [0.25, 0.3) is 0 Å². The number of hydrogen-bond acceptors (Lipinski definition) is 5.